The van der Waals surface area contributed by atoms with Crippen LogP contribution >= 0.6 is 22.9 Å². The van der Waals surface area contributed by atoms with Crippen LogP contribution in [-0.4, -0.2) is 19.3 Å². The molecule has 0 radical (unpaired) electrons. The summed E-state index contributed by atoms with van der Waals surface area (Å²) in [6.45, 7) is 0.929. The fourth-order valence-corrected chi connectivity index (χ4v) is 2.64. The molecule has 0 amide bonds. The highest BCUT2D eigenvalue weighted by atomic mass is 35.5. The van der Waals surface area contributed by atoms with Crippen molar-refractivity contribution in [2.75, 3.05) is 7.11 Å². The molecule has 0 saturated heterocycles. The van der Waals surface area contributed by atoms with E-state index in [-0.39, 0.29) is 0 Å². The first-order valence-electron chi connectivity index (χ1n) is 4.77. The Bertz CT molecular complexity index is 296. The van der Waals surface area contributed by atoms with Gasteiger partial charge in [0.1, 0.15) is 0 Å². The Morgan fingerprint density at radius 1 is 1.64 bits per heavy atom. The minimum atomic E-state index is 0.472. The Hall–Kier alpha value is -0.0900. The van der Waals surface area contributed by atoms with Crippen molar-refractivity contribution >= 4 is 22.9 Å². The Balaban J connectivity index is 1.69. The Labute approximate surface area is 93.2 Å². The Morgan fingerprint density at radius 2 is 2.43 bits per heavy atom. The summed E-state index contributed by atoms with van der Waals surface area (Å²) in [6.07, 6.45) is 2.74. The molecule has 1 aliphatic carbocycles. The second kappa shape index (κ2) is 4.62. The molecule has 1 saturated carbocycles. The number of methoxy groups -OCH3 is 1. The van der Waals surface area contributed by atoms with E-state index in [1.54, 1.807) is 18.4 Å². The number of halogens is 1. The molecule has 4 heteroatoms. The molecule has 1 N–H and O–H groups in total. The lowest BCUT2D eigenvalue weighted by atomic mass is 9.89. The van der Waals surface area contributed by atoms with Crippen molar-refractivity contribution in [1.29, 1.82) is 0 Å². The molecule has 0 atom stereocenters. The van der Waals surface area contributed by atoms with Crippen molar-refractivity contribution < 1.29 is 4.74 Å². The molecule has 14 heavy (non-hydrogen) atoms. The summed E-state index contributed by atoms with van der Waals surface area (Å²) < 4.78 is 5.21. The van der Waals surface area contributed by atoms with Gasteiger partial charge in [0.2, 0.25) is 0 Å². The van der Waals surface area contributed by atoms with Crippen molar-refractivity contribution in [2.45, 2.75) is 31.5 Å². The second-order valence-corrected chi connectivity index (χ2v) is 5.07. The van der Waals surface area contributed by atoms with E-state index in [2.05, 4.69) is 5.32 Å². The van der Waals surface area contributed by atoms with Crippen LogP contribution in [0, 0.1) is 0 Å². The number of ether oxygens (including phenoxy) is 1. The molecule has 2 rings (SSSR count). The lowest BCUT2D eigenvalue weighted by Crippen LogP contribution is -2.44. The first-order chi connectivity index (χ1) is 6.78. The number of hydrogen-bond donors (Lipinski definition) is 1. The van der Waals surface area contributed by atoms with Gasteiger partial charge in [0.05, 0.1) is 11.1 Å². The van der Waals surface area contributed by atoms with E-state index < -0.39 is 0 Å². The Morgan fingerprint density at radius 3 is 3.00 bits per heavy atom. The highest BCUT2D eigenvalue weighted by molar-refractivity contribution is 7.10. The van der Waals surface area contributed by atoms with Gasteiger partial charge in [0.15, 0.2) is 0 Å². The van der Waals surface area contributed by atoms with Gasteiger partial charge >= 0.3 is 0 Å². The molecule has 0 spiro atoms. The van der Waals surface area contributed by atoms with Gasteiger partial charge in [-0.05, 0) is 18.9 Å². The fourth-order valence-electron chi connectivity index (χ4n) is 1.62. The summed E-state index contributed by atoms with van der Waals surface area (Å²) in [5.74, 6) is 0. The van der Waals surface area contributed by atoms with Crippen molar-refractivity contribution in [3.05, 3.63) is 21.3 Å². The standard InChI is InChI=1S/C10H14ClNOS/c1-13-9-3-8(4-9)12-5-10-2-7(11)6-14-10/h2,6,8-9,12H,3-5H2,1H3. The zero-order chi connectivity index (χ0) is 9.97. The van der Waals surface area contributed by atoms with Crippen LogP contribution in [0.4, 0.5) is 0 Å². The molecule has 1 heterocycles. The normalized spacial score (nSPS) is 26.1. The van der Waals surface area contributed by atoms with Gasteiger partial charge in [-0.2, -0.15) is 0 Å². The topological polar surface area (TPSA) is 21.3 Å². The third-order valence-corrected chi connectivity index (χ3v) is 3.90. The molecule has 2 nitrogen and oxygen atoms in total. The average Bonchev–Trinajstić information content (AvgIpc) is 2.49. The zero-order valence-corrected chi connectivity index (χ0v) is 9.70. The van der Waals surface area contributed by atoms with E-state index in [4.69, 9.17) is 16.3 Å². The van der Waals surface area contributed by atoms with Crippen LogP contribution in [0.25, 0.3) is 0 Å². The molecular formula is C10H14ClNOS. The Kier molecular flexibility index (Phi) is 3.44. The van der Waals surface area contributed by atoms with Crippen molar-refractivity contribution in [3.8, 4) is 0 Å². The third-order valence-electron chi connectivity index (χ3n) is 2.61. The molecule has 0 unspecified atom stereocenters. The lowest BCUT2D eigenvalue weighted by molar-refractivity contribution is 0.0170. The van der Waals surface area contributed by atoms with Crippen LogP contribution in [0.5, 0.6) is 0 Å². The predicted molar refractivity (Wildman–Crippen MR) is 60.0 cm³/mol. The molecule has 1 aromatic rings. The monoisotopic (exact) mass is 231 g/mol. The van der Waals surface area contributed by atoms with E-state index >= 15 is 0 Å². The maximum atomic E-state index is 5.83. The van der Waals surface area contributed by atoms with E-state index in [0.717, 1.165) is 24.4 Å². The largest absolute Gasteiger partial charge is 0.381 e. The van der Waals surface area contributed by atoms with Crippen LogP contribution in [-0.2, 0) is 11.3 Å². The molecule has 1 aromatic heterocycles. The first-order valence-corrected chi connectivity index (χ1v) is 6.03. The second-order valence-electron chi connectivity index (χ2n) is 3.64. The quantitative estimate of drug-likeness (QED) is 0.861. The summed E-state index contributed by atoms with van der Waals surface area (Å²) in [4.78, 5) is 1.30. The molecular weight excluding hydrogens is 218 g/mol. The number of rotatable bonds is 4. The van der Waals surface area contributed by atoms with Crippen LogP contribution in [0.1, 0.15) is 17.7 Å². The van der Waals surface area contributed by atoms with Gasteiger partial charge < -0.3 is 10.1 Å². The molecule has 1 aliphatic rings. The summed E-state index contributed by atoms with van der Waals surface area (Å²) in [5.41, 5.74) is 0. The fraction of sp³-hybridized carbons (Fsp3) is 0.600. The van der Waals surface area contributed by atoms with Gasteiger partial charge in [0.25, 0.3) is 0 Å². The number of thiophene rings is 1. The van der Waals surface area contributed by atoms with Gasteiger partial charge in [-0.25, -0.2) is 0 Å². The van der Waals surface area contributed by atoms with Crippen molar-refractivity contribution in [1.82, 2.24) is 5.32 Å². The molecule has 0 aliphatic heterocycles. The van der Waals surface area contributed by atoms with E-state index in [0.29, 0.717) is 12.1 Å². The smallest absolute Gasteiger partial charge is 0.0601 e. The van der Waals surface area contributed by atoms with Crippen LogP contribution < -0.4 is 5.32 Å². The van der Waals surface area contributed by atoms with Crippen molar-refractivity contribution in [3.63, 3.8) is 0 Å². The van der Waals surface area contributed by atoms with Gasteiger partial charge in [-0.15, -0.1) is 11.3 Å². The molecule has 78 valence electrons. The molecule has 1 fully saturated rings. The number of nitrogens with one attached hydrogen (secondary N) is 1. The van der Waals surface area contributed by atoms with Gasteiger partial charge in [-0.1, -0.05) is 11.6 Å². The SMILES string of the molecule is COC1CC(NCc2cc(Cl)cs2)C1. The summed E-state index contributed by atoms with van der Waals surface area (Å²) in [5, 5.41) is 6.30. The number of hydrogen-bond acceptors (Lipinski definition) is 3. The van der Waals surface area contributed by atoms with Crippen LogP contribution in [0.3, 0.4) is 0 Å². The molecule has 0 bridgehead atoms. The lowest BCUT2D eigenvalue weighted by Gasteiger charge is -2.34. The van der Waals surface area contributed by atoms with E-state index in [1.165, 1.54) is 4.88 Å². The van der Waals surface area contributed by atoms with E-state index in [9.17, 15) is 0 Å². The highest BCUT2D eigenvalue weighted by Crippen LogP contribution is 2.24. The van der Waals surface area contributed by atoms with Crippen LogP contribution in [0.2, 0.25) is 5.02 Å². The predicted octanol–water partition coefficient (Wildman–Crippen LogP) is 2.67. The maximum absolute atomic E-state index is 5.83. The first kappa shape index (κ1) is 10.4. The van der Waals surface area contributed by atoms with Crippen LogP contribution in [0.15, 0.2) is 11.4 Å². The van der Waals surface area contributed by atoms with E-state index in [1.807, 2.05) is 11.4 Å². The third kappa shape index (κ3) is 2.48. The maximum Gasteiger partial charge on any atom is 0.0601 e. The van der Waals surface area contributed by atoms with Gasteiger partial charge in [-0.3, -0.25) is 0 Å². The minimum Gasteiger partial charge on any atom is -0.381 e. The summed E-state index contributed by atoms with van der Waals surface area (Å²) in [6, 6.07) is 2.65. The minimum absolute atomic E-state index is 0.472. The molecule has 0 aromatic carbocycles. The zero-order valence-electron chi connectivity index (χ0n) is 8.13. The van der Waals surface area contributed by atoms with Gasteiger partial charge in [0, 0.05) is 30.0 Å². The highest BCUT2D eigenvalue weighted by Gasteiger charge is 2.28. The summed E-state index contributed by atoms with van der Waals surface area (Å²) >= 11 is 7.54. The summed E-state index contributed by atoms with van der Waals surface area (Å²) in [7, 11) is 1.78. The average molecular weight is 232 g/mol. The van der Waals surface area contributed by atoms with Crippen molar-refractivity contribution in [2.24, 2.45) is 0 Å².